The van der Waals surface area contributed by atoms with Crippen molar-refractivity contribution in [2.75, 3.05) is 13.1 Å². The Morgan fingerprint density at radius 1 is 1.27 bits per heavy atom. The molecule has 1 aliphatic heterocycles. The second-order valence-electron chi connectivity index (χ2n) is 5.81. The van der Waals surface area contributed by atoms with Gasteiger partial charge in [0.2, 0.25) is 0 Å². The number of halogens is 3. The molecule has 0 aromatic carbocycles. The molecule has 0 spiro atoms. The minimum absolute atomic E-state index is 0.0503. The van der Waals surface area contributed by atoms with E-state index < -0.39 is 18.0 Å². The quantitative estimate of drug-likeness (QED) is 0.852. The summed E-state index contributed by atoms with van der Waals surface area (Å²) in [5.41, 5.74) is 1.72. The monoisotopic (exact) mass is 316 g/mol. The maximum atomic E-state index is 12.8. The Kier molecular flexibility index (Phi) is 4.35. The van der Waals surface area contributed by atoms with Crippen LogP contribution in [0.15, 0.2) is 0 Å². The molecule has 1 fully saturated rings. The molecule has 0 unspecified atom stereocenters. The number of rotatable bonds is 2. The molecule has 1 aliphatic rings. The van der Waals surface area contributed by atoms with Crippen LogP contribution in [-0.2, 0) is 0 Å². The van der Waals surface area contributed by atoms with Gasteiger partial charge in [-0.15, -0.1) is 0 Å². The summed E-state index contributed by atoms with van der Waals surface area (Å²) in [4.78, 5) is 28.2. The maximum Gasteiger partial charge on any atom is 0.393 e. The van der Waals surface area contributed by atoms with Gasteiger partial charge in [0, 0.05) is 24.3 Å². The number of aromatic nitrogens is 1. The lowest BCUT2D eigenvalue weighted by atomic mass is 9.97. The van der Waals surface area contributed by atoms with E-state index in [1.165, 1.54) is 11.8 Å². The van der Waals surface area contributed by atoms with Crippen molar-refractivity contribution in [1.29, 1.82) is 0 Å². The number of aryl methyl sites for hydroxylation is 1. The number of nitrogens with one attached hydrogen (secondary N) is 1. The third-order valence-corrected chi connectivity index (χ3v) is 4.17. The molecule has 1 aromatic rings. The number of Topliss-reactive ketones (excluding diaryl/α,β-unsaturated/α-hetero) is 1. The van der Waals surface area contributed by atoms with E-state index in [1.54, 1.807) is 13.8 Å². The molecular weight excluding hydrogens is 297 g/mol. The van der Waals surface area contributed by atoms with E-state index in [1.807, 2.05) is 0 Å². The van der Waals surface area contributed by atoms with Crippen LogP contribution >= 0.6 is 0 Å². The lowest BCUT2D eigenvalue weighted by Gasteiger charge is -2.33. The second-order valence-corrected chi connectivity index (χ2v) is 5.81. The molecule has 1 aromatic heterocycles. The maximum absolute atomic E-state index is 12.8. The van der Waals surface area contributed by atoms with E-state index in [2.05, 4.69) is 4.98 Å². The summed E-state index contributed by atoms with van der Waals surface area (Å²) in [6, 6.07) is 0. The molecule has 0 saturated carbocycles. The standard InChI is InChI=1S/C15H19F3N2O2/c1-8-12(10(3)21)9(2)19-13(8)14(22)20-6-4-5-11(7-20)15(16,17)18/h11,19H,4-7H2,1-3H3/t11-/m1/s1. The summed E-state index contributed by atoms with van der Waals surface area (Å²) in [6.45, 7) is 4.69. The molecular formula is C15H19F3N2O2. The average Bonchev–Trinajstić information content (AvgIpc) is 2.72. The van der Waals surface area contributed by atoms with Crippen molar-refractivity contribution in [1.82, 2.24) is 9.88 Å². The highest BCUT2D eigenvalue weighted by Gasteiger charge is 2.43. The Labute approximate surface area is 126 Å². The van der Waals surface area contributed by atoms with Gasteiger partial charge in [0.1, 0.15) is 5.69 Å². The van der Waals surface area contributed by atoms with Gasteiger partial charge in [0.15, 0.2) is 5.78 Å². The van der Waals surface area contributed by atoms with Gasteiger partial charge in [0.05, 0.1) is 5.92 Å². The number of carbonyl (C=O) groups is 2. The number of piperidine rings is 1. The Morgan fingerprint density at radius 3 is 2.41 bits per heavy atom. The molecule has 0 radical (unpaired) electrons. The molecule has 1 atom stereocenters. The molecule has 22 heavy (non-hydrogen) atoms. The highest BCUT2D eigenvalue weighted by atomic mass is 19.4. The van der Waals surface area contributed by atoms with Gasteiger partial charge in [-0.1, -0.05) is 0 Å². The lowest BCUT2D eigenvalue weighted by Crippen LogP contribution is -2.44. The van der Waals surface area contributed by atoms with E-state index >= 15 is 0 Å². The van der Waals surface area contributed by atoms with E-state index in [0.717, 1.165) is 0 Å². The number of ketones is 1. The van der Waals surface area contributed by atoms with Gasteiger partial charge >= 0.3 is 6.18 Å². The van der Waals surface area contributed by atoms with Gasteiger partial charge < -0.3 is 9.88 Å². The Balaban J connectivity index is 2.25. The molecule has 7 heteroatoms. The SMILES string of the molecule is CC(=O)c1c(C)[nH]c(C(=O)N2CCC[C@@H](C(F)(F)F)C2)c1C. The fourth-order valence-corrected chi connectivity index (χ4v) is 3.08. The van der Waals surface area contributed by atoms with E-state index in [-0.39, 0.29) is 24.4 Å². The summed E-state index contributed by atoms with van der Waals surface area (Å²) < 4.78 is 38.5. The summed E-state index contributed by atoms with van der Waals surface area (Å²) in [5.74, 6) is -2.12. The smallest absolute Gasteiger partial charge is 0.354 e. The molecule has 0 bridgehead atoms. The van der Waals surface area contributed by atoms with Gasteiger partial charge in [-0.2, -0.15) is 13.2 Å². The molecule has 1 saturated heterocycles. The van der Waals surface area contributed by atoms with Crippen LogP contribution in [0, 0.1) is 19.8 Å². The summed E-state index contributed by atoms with van der Waals surface area (Å²) in [7, 11) is 0. The molecule has 2 rings (SSSR count). The van der Waals surface area contributed by atoms with Crippen LogP contribution in [0.3, 0.4) is 0 Å². The van der Waals surface area contributed by atoms with Crippen molar-refractivity contribution in [2.45, 2.75) is 39.8 Å². The van der Waals surface area contributed by atoms with E-state index in [4.69, 9.17) is 0 Å². The summed E-state index contributed by atoms with van der Waals surface area (Å²) in [5, 5.41) is 0. The number of H-pyrrole nitrogens is 1. The van der Waals surface area contributed by atoms with Crippen LogP contribution in [0.2, 0.25) is 0 Å². The molecule has 0 aliphatic carbocycles. The summed E-state index contributed by atoms with van der Waals surface area (Å²) >= 11 is 0. The first-order valence-corrected chi connectivity index (χ1v) is 7.19. The van der Waals surface area contributed by atoms with Crippen LogP contribution in [0.5, 0.6) is 0 Å². The first-order chi connectivity index (χ1) is 10.1. The molecule has 1 amide bonds. The van der Waals surface area contributed by atoms with Crippen molar-refractivity contribution in [2.24, 2.45) is 5.92 Å². The van der Waals surface area contributed by atoms with Crippen LogP contribution in [0.25, 0.3) is 0 Å². The number of aromatic amines is 1. The van der Waals surface area contributed by atoms with Crippen LogP contribution < -0.4 is 0 Å². The van der Waals surface area contributed by atoms with Crippen molar-refractivity contribution in [3.05, 3.63) is 22.5 Å². The number of hydrogen-bond donors (Lipinski definition) is 1. The number of amides is 1. The zero-order valence-electron chi connectivity index (χ0n) is 12.8. The van der Waals surface area contributed by atoms with Crippen LogP contribution in [-0.4, -0.2) is 40.8 Å². The van der Waals surface area contributed by atoms with Crippen molar-refractivity contribution in [3.8, 4) is 0 Å². The highest BCUT2D eigenvalue weighted by molar-refractivity contribution is 6.02. The second kappa shape index (κ2) is 5.78. The predicted octanol–water partition coefficient (Wildman–Crippen LogP) is 3.25. The number of alkyl halides is 3. The van der Waals surface area contributed by atoms with E-state index in [0.29, 0.717) is 29.8 Å². The average molecular weight is 316 g/mol. The molecule has 122 valence electrons. The number of nitrogens with zero attached hydrogens (tertiary/aromatic N) is 1. The Bertz CT molecular complexity index is 605. The molecule has 2 heterocycles. The third-order valence-electron chi connectivity index (χ3n) is 4.17. The minimum Gasteiger partial charge on any atom is -0.354 e. The predicted molar refractivity (Wildman–Crippen MR) is 75.0 cm³/mol. The topological polar surface area (TPSA) is 53.2 Å². The number of carbonyl (C=O) groups excluding carboxylic acids is 2. The zero-order chi connectivity index (χ0) is 16.7. The molecule has 4 nitrogen and oxygen atoms in total. The van der Waals surface area contributed by atoms with Gasteiger partial charge in [-0.3, -0.25) is 9.59 Å². The zero-order valence-corrected chi connectivity index (χ0v) is 12.8. The van der Waals surface area contributed by atoms with Crippen molar-refractivity contribution in [3.63, 3.8) is 0 Å². The van der Waals surface area contributed by atoms with Gasteiger partial charge in [0.25, 0.3) is 5.91 Å². The number of likely N-dealkylation sites (tertiary alicyclic amines) is 1. The first-order valence-electron chi connectivity index (χ1n) is 7.19. The van der Waals surface area contributed by atoms with Gasteiger partial charge in [-0.05, 0) is 39.2 Å². The van der Waals surface area contributed by atoms with E-state index in [9.17, 15) is 22.8 Å². The normalized spacial score (nSPS) is 19.4. The van der Waals surface area contributed by atoms with Crippen molar-refractivity contribution >= 4 is 11.7 Å². The van der Waals surface area contributed by atoms with Gasteiger partial charge in [-0.25, -0.2) is 0 Å². The molecule has 1 N–H and O–H groups in total. The van der Waals surface area contributed by atoms with Crippen molar-refractivity contribution < 1.29 is 22.8 Å². The first kappa shape index (κ1) is 16.6. The minimum atomic E-state index is -4.29. The fourth-order valence-electron chi connectivity index (χ4n) is 3.08. The third kappa shape index (κ3) is 3.03. The Morgan fingerprint density at radius 2 is 1.91 bits per heavy atom. The van der Waals surface area contributed by atoms with Crippen LogP contribution in [0.1, 0.15) is 51.9 Å². The lowest BCUT2D eigenvalue weighted by molar-refractivity contribution is -0.184. The highest BCUT2D eigenvalue weighted by Crippen LogP contribution is 2.33. The summed E-state index contributed by atoms with van der Waals surface area (Å²) in [6.07, 6.45) is -3.91. The number of hydrogen-bond acceptors (Lipinski definition) is 2. The Hall–Kier alpha value is -1.79. The largest absolute Gasteiger partial charge is 0.393 e. The van der Waals surface area contributed by atoms with Crippen LogP contribution in [0.4, 0.5) is 13.2 Å². The fraction of sp³-hybridized carbons (Fsp3) is 0.600.